The van der Waals surface area contributed by atoms with E-state index in [2.05, 4.69) is 56.3 Å². The molecular formula is C33H35NO4. The van der Waals surface area contributed by atoms with Gasteiger partial charge in [-0.05, 0) is 71.6 Å². The van der Waals surface area contributed by atoms with Crippen molar-refractivity contribution in [2.45, 2.75) is 51.7 Å². The lowest BCUT2D eigenvalue weighted by atomic mass is 9.70. The van der Waals surface area contributed by atoms with E-state index in [1.165, 1.54) is 29.4 Å². The zero-order valence-corrected chi connectivity index (χ0v) is 22.3. The Morgan fingerprint density at radius 1 is 0.974 bits per heavy atom. The van der Waals surface area contributed by atoms with E-state index in [-0.39, 0.29) is 11.9 Å². The number of hydrogen-bond donors (Lipinski definition) is 1. The first-order valence-corrected chi connectivity index (χ1v) is 13.3. The van der Waals surface area contributed by atoms with Crippen LogP contribution in [0.2, 0.25) is 0 Å². The molecule has 0 spiro atoms. The summed E-state index contributed by atoms with van der Waals surface area (Å²) in [6, 6.07) is 23.6. The summed E-state index contributed by atoms with van der Waals surface area (Å²) in [6.07, 6.45) is 4.59. The Kier molecular flexibility index (Phi) is 7.22. The van der Waals surface area contributed by atoms with Gasteiger partial charge in [0.05, 0.1) is 12.7 Å². The van der Waals surface area contributed by atoms with Crippen molar-refractivity contribution < 1.29 is 19.1 Å². The molecule has 0 amide bonds. The number of fused-ring (bicyclic) bond motifs is 2. The molecule has 0 saturated heterocycles. The maximum Gasteiger partial charge on any atom is 0.337 e. The molecule has 2 N–H and O–H groups in total. The Bertz CT molecular complexity index is 1370. The minimum absolute atomic E-state index is 0.290. The van der Waals surface area contributed by atoms with Gasteiger partial charge in [-0.3, -0.25) is 4.79 Å². The van der Waals surface area contributed by atoms with E-state index < -0.39 is 17.6 Å². The predicted molar refractivity (Wildman–Crippen MR) is 148 cm³/mol. The van der Waals surface area contributed by atoms with E-state index in [1.54, 1.807) is 12.1 Å². The van der Waals surface area contributed by atoms with Crippen LogP contribution >= 0.6 is 0 Å². The van der Waals surface area contributed by atoms with Gasteiger partial charge in [0, 0.05) is 5.41 Å². The monoisotopic (exact) mass is 509 g/mol. The summed E-state index contributed by atoms with van der Waals surface area (Å²) in [5.41, 5.74) is 13.4. The maximum absolute atomic E-state index is 13.4. The standard InChI is InChI=1S/C33H35NO4/c1-21(2)16-29(34)32(36)38-30-28-11-7-6-10-26(28)20-33(30,27-17-24-8-4-5-9-25(24)18-27)19-22-12-14-23(15-13-22)31(35)37-3/h4-15,17,21,29-30H,16,18-20,34H2,1-3H3/t29-,30-,33+/m0/s1. The molecule has 0 aromatic heterocycles. The molecule has 3 atom stereocenters. The highest BCUT2D eigenvalue weighted by Crippen LogP contribution is 2.56. The van der Waals surface area contributed by atoms with Crippen molar-refractivity contribution in [2.24, 2.45) is 17.1 Å². The summed E-state index contributed by atoms with van der Waals surface area (Å²) in [5.74, 6) is -0.431. The van der Waals surface area contributed by atoms with Crippen LogP contribution in [-0.4, -0.2) is 25.1 Å². The van der Waals surface area contributed by atoms with Crippen LogP contribution in [0.15, 0.2) is 78.4 Å². The second kappa shape index (κ2) is 10.6. The Balaban J connectivity index is 1.58. The maximum atomic E-state index is 13.4. The van der Waals surface area contributed by atoms with Crippen LogP contribution < -0.4 is 5.73 Å². The normalized spacial score (nSPS) is 20.4. The van der Waals surface area contributed by atoms with Gasteiger partial charge in [-0.1, -0.05) is 86.2 Å². The van der Waals surface area contributed by atoms with Crippen molar-refractivity contribution in [3.05, 3.63) is 112 Å². The number of hydrogen-bond acceptors (Lipinski definition) is 5. The van der Waals surface area contributed by atoms with Crippen LogP contribution in [0.4, 0.5) is 0 Å². The molecule has 0 radical (unpaired) electrons. The number of esters is 2. The molecular weight excluding hydrogens is 474 g/mol. The Hall–Kier alpha value is -3.70. The van der Waals surface area contributed by atoms with Crippen LogP contribution in [0.3, 0.4) is 0 Å². The summed E-state index contributed by atoms with van der Waals surface area (Å²) < 4.78 is 11.3. The molecule has 0 saturated carbocycles. The Morgan fingerprint density at radius 2 is 1.66 bits per heavy atom. The molecule has 5 rings (SSSR count). The average molecular weight is 510 g/mol. The first kappa shape index (κ1) is 25.9. The van der Waals surface area contributed by atoms with E-state index in [1.807, 2.05) is 24.3 Å². The molecule has 0 bridgehead atoms. The smallest absolute Gasteiger partial charge is 0.337 e. The largest absolute Gasteiger partial charge is 0.465 e. The molecule has 5 heteroatoms. The van der Waals surface area contributed by atoms with Crippen LogP contribution in [0.25, 0.3) is 6.08 Å². The highest BCUT2D eigenvalue weighted by molar-refractivity contribution is 5.89. The van der Waals surface area contributed by atoms with E-state index in [9.17, 15) is 9.59 Å². The van der Waals surface area contributed by atoms with E-state index >= 15 is 0 Å². The van der Waals surface area contributed by atoms with Gasteiger partial charge >= 0.3 is 11.9 Å². The summed E-state index contributed by atoms with van der Waals surface area (Å²) in [7, 11) is 1.38. The minimum Gasteiger partial charge on any atom is -0.465 e. The van der Waals surface area contributed by atoms with Gasteiger partial charge in [-0.25, -0.2) is 4.79 Å². The topological polar surface area (TPSA) is 78.6 Å². The highest BCUT2D eigenvalue weighted by Gasteiger charge is 2.51. The quantitative estimate of drug-likeness (QED) is 0.385. The number of nitrogens with two attached hydrogens (primary N) is 1. The van der Waals surface area contributed by atoms with Crippen LogP contribution in [0.1, 0.15) is 64.5 Å². The fourth-order valence-electron chi connectivity index (χ4n) is 6.06. The lowest BCUT2D eigenvalue weighted by Gasteiger charge is -2.38. The average Bonchev–Trinajstić information content (AvgIpc) is 3.48. The predicted octanol–water partition coefficient (Wildman–Crippen LogP) is 5.86. The molecule has 3 aromatic carbocycles. The van der Waals surface area contributed by atoms with Crippen LogP contribution in [0, 0.1) is 11.3 Å². The molecule has 0 unspecified atom stereocenters. The SMILES string of the molecule is COC(=O)c1ccc(C[C@]2(C3=Cc4ccccc4C3)Cc3ccccc3[C@@H]2OC(=O)[C@@H](N)CC(C)C)cc1. The molecule has 0 aliphatic heterocycles. The zero-order chi connectivity index (χ0) is 26.9. The van der Waals surface area contributed by atoms with Crippen molar-refractivity contribution in [2.75, 3.05) is 7.11 Å². The molecule has 3 aromatic rings. The van der Waals surface area contributed by atoms with E-state index in [0.717, 1.165) is 24.0 Å². The third-order valence-electron chi connectivity index (χ3n) is 7.91. The van der Waals surface area contributed by atoms with Crippen molar-refractivity contribution in [1.29, 1.82) is 0 Å². The first-order chi connectivity index (χ1) is 18.3. The number of carbonyl (C=O) groups is 2. The lowest BCUT2D eigenvalue weighted by molar-refractivity contribution is -0.156. The van der Waals surface area contributed by atoms with Crippen molar-refractivity contribution in [3.8, 4) is 0 Å². The number of methoxy groups -OCH3 is 1. The molecule has 196 valence electrons. The zero-order valence-electron chi connectivity index (χ0n) is 22.3. The van der Waals surface area contributed by atoms with Gasteiger partial charge in [-0.15, -0.1) is 0 Å². The van der Waals surface area contributed by atoms with Crippen molar-refractivity contribution in [3.63, 3.8) is 0 Å². The molecule has 0 heterocycles. The van der Waals surface area contributed by atoms with Crippen molar-refractivity contribution in [1.82, 2.24) is 0 Å². The van der Waals surface area contributed by atoms with Gasteiger partial charge in [-0.2, -0.15) is 0 Å². The van der Waals surface area contributed by atoms with Gasteiger partial charge in [0.2, 0.25) is 0 Å². The summed E-state index contributed by atoms with van der Waals surface area (Å²) in [6.45, 7) is 4.11. The van der Waals surface area contributed by atoms with Gasteiger partial charge in [0.15, 0.2) is 0 Å². The minimum atomic E-state index is -0.672. The number of benzene rings is 3. The molecule has 2 aliphatic rings. The third-order valence-corrected chi connectivity index (χ3v) is 7.91. The third kappa shape index (κ3) is 4.91. The van der Waals surface area contributed by atoms with Crippen LogP contribution in [-0.2, 0) is 33.5 Å². The fourth-order valence-corrected chi connectivity index (χ4v) is 6.06. The molecule has 38 heavy (non-hydrogen) atoms. The van der Waals surface area contributed by atoms with E-state index in [0.29, 0.717) is 24.3 Å². The summed E-state index contributed by atoms with van der Waals surface area (Å²) in [4.78, 5) is 25.4. The number of rotatable bonds is 8. The lowest BCUT2D eigenvalue weighted by Crippen LogP contribution is -2.39. The Labute approximate surface area is 224 Å². The summed E-state index contributed by atoms with van der Waals surface area (Å²) >= 11 is 0. The molecule has 0 fully saturated rings. The summed E-state index contributed by atoms with van der Waals surface area (Å²) in [5, 5.41) is 0. The van der Waals surface area contributed by atoms with Crippen molar-refractivity contribution >= 4 is 18.0 Å². The Morgan fingerprint density at radius 3 is 2.34 bits per heavy atom. The first-order valence-electron chi connectivity index (χ1n) is 13.3. The van der Waals surface area contributed by atoms with Gasteiger partial charge in [0.25, 0.3) is 0 Å². The van der Waals surface area contributed by atoms with Crippen LogP contribution in [0.5, 0.6) is 0 Å². The van der Waals surface area contributed by atoms with E-state index in [4.69, 9.17) is 15.2 Å². The highest BCUT2D eigenvalue weighted by atomic mass is 16.5. The van der Waals surface area contributed by atoms with Gasteiger partial charge < -0.3 is 15.2 Å². The van der Waals surface area contributed by atoms with Gasteiger partial charge in [0.1, 0.15) is 12.1 Å². The number of ether oxygens (including phenoxy) is 2. The second-order valence-electron chi connectivity index (χ2n) is 11.0. The second-order valence-corrected chi connectivity index (χ2v) is 11.0. The fraction of sp³-hybridized carbons (Fsp3) is 0.333. The molecule has 2 aliphatic carbocycles. The number of carbonyl (C=O) groups excluding carboxylic acids is 2. The molecule has 5 nitrogen and oxygen atoms in total.